The van der Waals surface area contributed by atoms with Crippen LogP contribution in [0.3, 0.4) is 0 Å². The third kappa shape index (κ3) is 1.83. The number of phenols is 1. The van der Waals surface area contributed by atoms with E-state index < -0.39 is 5.41 Å². The number of hydrogen-bond acceptors (Lipinski definition) is 5. The number of aromatic hydroxyl groups is 1. The first-order valence-corrected chi connectivity index (χ1v) is 7.21. The number of benzene rings is 1. The molecule has 2 fully saturated rings. The zero-order valence-electron chi connectivity index (χ0n) is 12.0. The molecule has 2 aliphatic rings. The molecule has 5 nitrogen and oxygen atoms in total. The largest absolute Gasteiger partial charge is 0.508 e. The van der Waals surface area contributed by atoms with Crippen molar-refractivity contribution >= 4 is 11.9 Å². The summed E-state index contributed by atoms with van der Waals surface area (Å²) in [6.07, 6.45) is 0. The van der Waals surface area contributed by atoms with Crippen LogP contribution in [-0.4, -0.2) is 30.3 Å². The van der Waals surface area contributed by atoms with Gasteiger partial charge in [0, 0.05) is 5.41 Å². The predicted octanol–water partition coefficient (Wildman–Crippen LogP) is 1.63. The lowest BCUT2D eigenvalue weighted by Gasteiger charge is -2.18. The third-order valence-electron chi connectivity index (χ3n) is 4.51. The monoisotopic (exact) mass is 290 g/mol. The maximum absolute atomic E-state index is 12.0. The van der Waals surface area contributed by atoms with Crippen molar-refractivity contribution in [2.75, 3.05) is 13.2 Å². The van der Waals surface area contributed by atoms with Crippen LogP contribution in [0.4, 0.5) is 0 Å². The Morgan fingerprint density at radius 2 is 1.71 bits per heavy atom. The van der Waals surface area contributed by atoms with Gasteiger partial charge in [-0.05, 0) is 37.5 Å². The van der Waals surface area contributed by atoms with Gasteiger partial charge in [0.15, 0.2) is 0 Å². The molecule has 0 amide bonds. The van der Waals surface area contributed by atoms with E-state index in [0.29, 0.717) is 13.2 Å². The van der Waals surface area contributed by atoms with Crippen molar-refractivity contribution in [3.05, 3.63) is 29.8 Å². The summed E-state index contributed by atoms with van der Waals surface area (Å²) in [5, 5.41) is 9.65. The number of fused-ring (bicyclic) bond motifs is 1. The van der Waals surface area contributed by atoms with Crippen LogP contribution in [0.1, 0.15) is 19.4 Å². The molecule has 0 aliphatic heterocycles. The summed E-state index contributed by atoms with van der Waals surface area (Å²) in [4.78, 5) is 24.0. The number of hydrogen-bond donors (Lipinski definition) is 1. The molecule has 5 heteroatoms. The summed E-state index contributed by atoms with van der Waals surface area (Å²) in [6, 6.07) is 6.74. The molecule has 0 heterocycles. The van der Waals surface area contributed by atoms with Gasteiger partial charge in [-0.3, -0.25) is 9.59 Å². The van der Waals surface area contributed by atoms with Gasteiger partial charge in [0.2, 0.25) is 0 Å². The Balaban J connectivity index is 1.87. The van der Waals surface area contributed by atoms with E-state index in [0.717, 1.165) is 5.56 Å². The first-order chi connectivity index (χ1) is 10.1. The fourth-order valence-electron chi connectivity index (χ4n) is 3.61. The molecule has 0 radical (unpaired) electrons. The maximum atomic E-state index is 12.0. The summed E-state index contributed by atoms with van der Waals surface area (Å²) in [5.41, 5.74) is 0.278. The van der Waals surface area contributed by atoms with Crippen molar-refractivity contribution in [2.24, 2.45) is 17.8 Å². The highest BCUT2D eigenvalue weighted by Crippen LogP contribution is 2.84. The molecule has 3 rings (SSSR count). The lowest BCUT2D eigenvalue weighted by molar-refractivity contribution is -0.151. The fraction of sp³-hybridized carbons (Fsp3) is 0.500. The lowest BCUT2D eigenvalue weighted by atomic mass is 9.89. The van der Waals surface area contributed by atoms with Crippen LogP contribution in [0.15, 0.2) is 24.3 Å². The highest BCUT2D eigenvalue weighted by Gasteiger charge is 2.92. The van der Waals surface area contributed by atoms with Crippen LogP contribution in [-0.2, 0) is 24.5 Å². The summed E-state index contributed by atoms with van der Waals surface area (Å²) in [7, 11) is 0. The van der Waals surface area contributed by atoms with Crippen molar-refractivity contribution in [3.63, 3.8) is 0 Å². The molecular formula is C16H18O5. The SMILES string of the molecule is CCOC(=O)[C@@H]1C2[C@@H](C(=O)OCC)C21c1cccc(O)c1. The normalized spacial score (nSPS) is 32.0. The Morgan fingerprint density at radius 1 is 1.14 bits per heavy atom. The Labute approximate surface area is 122 Å². The molecule has 2 saturated carbocycles. The Hall–Kier alpha value is -2.04. The number of rotatable bonds is 5. The second-order valence-electron chi connectivity index (χ2n) is 5.47. The van der Waals surface area contributed by atoms with E-state index in [1.54, 1.807) is 32.0 Å². The van der Waals surface area contributed by atoms with Gasteiger partial charge in [-0.1, -0.05) is 12.1 Å². The molecule has 0 saturated heterocycles. The molecule has 112 valence electrons. The summed E-state index contributed by atoms with van der Waals surface area (Å²) < 4.78 is 10.2. The van der Waals surface area contributed by atoms with E-state index in [-0.39, 0.29) is 35.4 Å². The van der Waals surface area contributed by atoms with E-state index in [1.165, 1.54) is 0 Å². The molecule has 1 N–H and O–H groups in total. The third-order valence-corrected chi connectivity index (χ3v) is 4.51. The van der Waals surface area contributed by atoms with Crippen LogP contribution in [0, 0.1) is 17.8 Å². The lowest BCUT2D eigenvalue weighted by Crippen LogP contribution is -2.28. The number of esters is 2. The summed E-state index contributed by atoms with van der Waals surface area (Å²) >= 11 is 0. The quantitative estimate of drug-likeness (QED) is 0.834. The number of ether oxygens (including phenoxy) is 2. The van der Waals surface area contributed by atoms with E-state index in [9.17, 15) is 14.7 Å². The average molecular weight is 290 g/mol. The Bertz CT molecular complexity index is 568. The van der Waals surface area contributed by atoms with E-state index in [2.05, 4.69) is 0 Å². The van der Waals surface area contributed by atoms with Crippen LogP contribution in [0.2, 0.25) is 0 Å². The molecule has 2 atom stereocenters. The molecule has 2 aliphatic carbocycles. The standard InChI is InChI=1S/C16H18O5/c1-3-20-14(18)12-11-13(15(19)21-4-2)16(11,12)9-6-5-7-10(17)8-9/h5-8,11-13,17H,3-4H2,1-2H3/t11?,12-,13-,16?/m0/s1. The molecule has 0 aromatic heterocycles. The van der Waals surface area contributed by atoms with Gasteiger partial charge in [0.05, 0.1) is 25.0 Å². The van der Waals surface area contributed by atoms with Gasteiger partial charge in [-0.25, -0.2) is 0 Å². The van der Waals surface area contributed by atoms with Gasteiger partial charge in [-0.15, -0.1) is 0 Å². The van der Waals surface area contributed by atoms with Gasteiger partial charge < -0.3 is 14.6 Å². The number of carbonyl (C=O) groups excluding carboxylic acids is 2. The van der Waals surface area contributed by atoms with E-state index in [1.807, 2.05) is 6.07 Å². The fourth-order valence-corrected chi connectivity index (χ4v) is 3.61. The highest BCUT2D eigenvalue weighted by molar-refractivity contribution is 5.94. The van der Waals surface area contributed by atoms with Gasteiger partial charge in [0.25, 0.3) is 0 Å². The van der Waals surface area contributed by atoms with Gasteiger partial charge >= 0.3 is 11.9 Å². The maximum Gasteiger partial charge on any atom is 0.310 e. The molecule has 21 heavy (non-hydrogen) atoms. The Morgan fingerprint density at radius 3 is 2.19 bits per heavy atom. The molecule has 0 unspecified atom stereocenters. The number of phenolic OH excluding ortho intramolecular Hbond substituents is 1. The van der Waals surface area contributed by atoms with Crippen molar-refractivity contribution < 1.29 is 24.2 Å². The first-order valence-electron chi connectivity index (χ1n) is 7.21. The molecular weight excluding hydrogens is 272 g/mol. The molecule has 1 aromatic rings. The minimum atomic E-state index is -0.531. The average Bonchev–Trinajstić information content (AvgIpc) is 3.27. The second kappa shape index (κ2) is 4.76. The van der Waals surface area contributed by atoms with Crippen LogP contribution in [0.5, 0.6) is 5.75 Å². The smallest absolute Gasteiger partial charge is 0.310 e. The van der Waals surface area contributed by atoms with Crippen LogP contribution >= 0.6 is 0 Å². The van der Waals surface area contributed by atoms with Crippen molar-refractivity contribution in [1.29, 1.82) is 0 Å². The molecule has 1 aromatic carbocycles. The zero-order valence-corrected chi connectivity index (χ0v) is 12.0. The van der Waals surface area contributed by atoms with Crippen molar-refractivity contribution in [2.45, 2.75) is 19.3 Å². The molecule has 0 spiro atoms. The van der Waals surface area contributed by atoms with Crippen LogP contribution < -0.4 is 0 Å². The number of carbonyl (C=O) groups is 2. The van der Waals surface area contributed by atoms with E-state index >= 15 is 0 Å². The van der Waals surface area contributed by atoms with E-state index in [4.69, 9.17) is 9.47 Å². The first kappa shape index (κ1) is 13.9. The summed E-state index contributed by atoms with van der Waals surface area (Å²) in [6.45, 7) is 4.16. The summed E-state index contributed by atoms with van der Waals surface area (Å²) in [5.74, 6) is -1.07. The van der Waals surface area contributed by atoms with Gasteiger partial charge in [-0.2, -0.15) is 0 Å². The highest BCUT2D eigenvalue weighted by atomic mass is 16.5. The Kier molecular flexibility index (Phi) is 3.15. The topological polar surface area (TPSA) is 72.8 Å². The van der Waals surface area contributed by atoms with Gasteiger partial charge in [0.1, 0.15) is 5.75 Å². The van der Waals surface area contributed by atoms with Crippen molar-refractivity contribution in [3.8, 4) is 5.75 Å². The molecule has 0 bridgehead atoms. The van der Waals surface area contributed by atoms with Crippen molar-refractivity contribution in [1.82, 2.24) is 0 Å². The second-order valence-corrected chi connectivity index (χ2v) is 5.47. The zero-order chi connectivity index (χ0) is 15.2. The minimum absolute atomic E-state index is 0.0580. The predicted molar refractivity (Wildman–Crippen MR) is 73.5 cm³/mol. The minimum Gasteiger partial charge on any atom is -0.508 e. The van der Waals surface area contributed by atoms with Crippen LogP contribution in [0.25, 0.3) is 0 Å².